The molecule has 0 radical (unpaired) electrons. The molecule has 0 amide bonds. The number of likely N-dealkylation sites (tertiary alicyclic amines) is 1. The molecule has 0 N–H and O–H groups in total. The van der Waals surface area contributed by atoms with Gasteiger partial charge in [-0.2, -0.15) is 5.10 Å². The van der Waals surface area contributed by atoms with Crippen LogP contribution in [0.15, 0.2) is 36.8 Å². The van der Waals surface area contributed by atoms with Gasteiger partial charge in [-0.25, -0.2) is 4.98 Å². The fraction of sp³-hybridized carbons (Fsp3) is 0.500. The third-order valence-corrected chi connectivity index (χ3v) is 6.89. The van der Waals surface area contributed by atoms with Crippen LogP contribution in [-0.2, 0) is 17.9 Å². The number of hydrogen-bond acceptors (Lipinski definition) is 6. The monoisotopic (exact) mass is 434 g/mol. The van der Waals surface area contributed by atoms with Crippen molar-refractivity contribution < 1.29 is 9.47 Å². The fourth-order valence-electron chi connectivity index (χ4n) is 4.94. The number of fused-ring (bicyclic) bond motifs is 3. The summed E-state index contributed by atoms with van der Waals surface area (Å²) in [6.45, 7) is 7.14. The summed E-state index contributed by atoms with van der Waals surface area (Å²) >= 11 is 0. The van der Waals surface area contributed by atoms with Crippen LogP contribution in [0.25, 0.3) is 16.8 Å². The van der Waals surface area contributed by atoms with E-state index in [0.29, 0.717) is 12.6 Å². The third-order valence-electron chi connectivity index (χ3n) is 6.89. The Morgan fingerprint density at radius 3 is 2.72 bits per heavy atom. The second-order valence-corrected chi connectivity index (χ2v) is 9.12. The molecule has 1 aromatic carbocycles. The lowest BCUT2D eigenvalue weighted by Gasteiger charge is -2.28. The summed E-state index contributed by atoms with van der Waals surface area (Å²) in [5.41, 5.74) is 4.42. The molecule has 8 heteroatoms. The number of ether oxygens (including phenoxy) is 2. The first-order chi connectivity index (χ1) is 15.7. The number of hydrogen-bond donors (Lipinski definition) is 0. The number of nitrogens with zero attached hydrogens (tertiary/aromatic N) is 6. The Morgan fingerprint density at radius 2 is 1.88 bits per heavy atom. The van der Waals surface area contributed by atoms with E-state index < -0.39 is 0 Å². The van der Waals surface area contributed by atoms with Gasteiger partial charge in [0.05, 0.1) is 36.8 Å². The van der Waals surface area contributed by atoms with Crippen LogP contribution in [0.1, 0.15) is 30.4 Å². The summed E-state index contributed by atoms with van der Waals surface area (Å²) in [4.78, 5) is 9.60. The highest BCUT2D eigenvalue weighted by Crippen LogP contribution is 2.34. The molecule has 0 spiro atoms. The van der Waals surface area contributed by atoms with Crippen molar-refractivity contribution in [1.29, 1.82) is 0 Å². The van der Waals surface area contributed by atoms with Crippen LogP contribution >= 0.6 is 0 Å². The first-order valence-corrected chi connectivity index (χ1v) is 11.6. The van der Waals surface area contributed by atoms with E-state index in [4.69, 9.17) is 14.5 Å². The van der Waals surface area contributed by atoms with Crippen molar-refractivity contribution >= 4 is 0 Å². The summed E-state index contributed by atoms with van der Waals surface area (Å²) in [5, 5.41) is 4.68. The van der Waals surface area contributed by atoms with Gasteiger partial charge in [-0.05, 0) is 50.7 Å². The minimum atomic E-state index is 0.493. The van der Waals surface area contributed by atoms with E-state index in [9.17, 15) is 0 Å². The van der Waals surface area contributed by atoms with Crippen molar-refractivity contribution in [3.8, 4) is 22.6 Å². The van der Waals surface area contributed by atoms with Gasteiger partial charge in [0.15, 0.2) is 5.82 Å². The molecular formula is C24H30N6O2. The highest BCUT2D eigenvalue weighted by atomic mass is 16.5. The van der Waals surface area contributed by atoms with Gasteiger partial charge in [0.1, 0.15) is 12.4 Å². The lowest BCUT2D eigenvalue weighted by Crippen LogP contribution is -2.35. The van der Waals surface area contributed by atoms with Crippen LogP contribution in [0.2, 0.25) is 0 Å². The Morgan fingerprint density at radius 1 is 1.03 bits per heavy atom. The van der Waals surface area contributed by atoms with Crippen LogP contribution in [0.4, 0.5) is 0 Å². The van der Waals surface area contributed by atoms with E-state index in [0.717, 1.165) is 92.9 Å². The zero-order valence-corrected chi connectivity index (χ0v) is 18.6. The second kappa shape index (κ2) is 8.35. The van der Waals surface area contributed by atoms with Crippen molar-refractivity contribution in [1.82, 2.24) is 29.1 Å². The number of piperidine rings is 1. The minimum absolute atomic E-state index is 0.493. The molecule has 2 aromatic heterocycles. The summed E-state index contributed by atoms with van der Waals surface area (Å²) < 4.78 is 15.9. The quantitative estimate of drug-likeness (QED) is 0.629. The largest absolute Gasteiger partial charge is 0.483 e. The van der Waals surface area contributed by atoms with Gasteiger partial charge in [0.25, 0.3) is 0 Å². The standard InChI is InChI=1S/C24H30N6O2/c1-27-6-4-21(5-7-27)30-14-19(13-25-30)18-2-3-22-23(12-18)32-17-24-26-20(16-29(22)24)15-28-8-10-31-11-9-28/h2-3,12-14,16,21H,4-11,15,17H2,1H3. The average Bonchev–Trinajstić information content (AvgIpc) is 3.47. The van der Waals surface area contributed by atoms with Crippen molar-refractivity contribution in [2.45, 2.75) is 32.0 Å². The maximum Gasteiger partial charge on any atom is 0.151 e. The number of aromatic nitrogens is 4. The van der Waals surface area contributed by atoms with Crippen molar-refractivity contribution in [3.63, 3.8) is 0 Å². The molecule has 6 rings (SSSR count). The predicted molar refractivity (Wildman–Crippen MR) is 121 cm³/mol. The highest BCUT2D eigenvalue weighted by Gasteiger charge is 2.23. The van der Waals surface area contributed by atoms with Crippen LogP contribution in [0.5, 0.6) is 5.75 Å². The molecule has 0 atom stereocenters. The maximum absolute atomic E-state index is 6.10. The summed E-state index contributed by atoms with van der Waals surface area (Å²) in [5.74, 6) is 1.86. The highest BCUT2D eigenvalue weighted by molar-refractivity contribution is 5.67. The van der Waals surface area contributed by atoms with Gasteiger partial charge in [0, 0.05) is 37.6 Å². The summed E-state index contributed by atoms with van der Waals surface area (Å²) in [6.07, 6.45) is 8.63. The van der Waals surface area contributed by atoms with Crippen molar-refractivity contribution in [2.24, 2.45) is 0 Å². The van der Waals surface area contributed by atoms with Crippen molar-refractivity contribution in [2.75, 3.05) is 46.4 Å². The number of benzene rings is 1. The number of imidazole rings is 1. The molecule has 3 aliphatic rings. The number of rotatable bonds is 4. The van der Waals surface area contributed by atoms with E-state index in [2.05, 4.69) is 61.8 Å². The molecule has 2 saturated heterocycles. The molecule has 2 fully saturated rings. The van der Waals surface area contributed by atoms with Crippen LogP contribution in [-0.4, -0.2) is 75.6 Å². The molecule has 0 bridgehead atoms. The topological polar surface area (TPSA) is 60.6 Å². The molecule has 168 valence electrons. The molecule has 0 saturated carbocycles. The Bertz CT molecular complexity index is 1090. The van der Waals surface area contributed by atoms with Crippen LogP contribution < -0.4 is 4.74 Å². The Kier molecular flexibility index (Phi) is 5.21. The molecule has 3 aliphatic heterocycles. The van der Waals surface area contributed by atoms with Gasteiger partial charge in [-0.1, -0.05) is 6.07 Å². The van der Waals surface area contributed by atoms with Gasteiger partial charge >= 0.3 is 0 Å². The lowest BCUT2D eigenvalue weighted by molar-refractivity contribution is 0.0337. The lowest BCUT2D eigenvalue weighted by atomic mass is 10.1. The molecule has 5 heterocycles. The van der Waals surface area contributed by atoms with Crippen molar-refractivity contribution in [3.05, 3.63) is 48.3 Å². The summed E-state index contributed by atoms with van der Waals surface area (Å²) in [7, 11) is 2.19. The van der Waals surface area contributed by atoms with Gasteiger partial charge in [0.2, 0.25) is 0 Å². The van der Waals surface area contributed by atoms with E-state index in [-0.39, 0.29) is 0 Å². The molecular weight excluding hydrogens is 404 g/mol. The third kappa shape index (κ3) is 3.83. The summed E-state index contributed by atoms with van der Waals surface area (Å²) in [6, 6.07) is 6.93. The average molecular weight is 435 g/mol. The van der Waals surface area contributed by atoms with E-state index in [1.807, 2.05) is 6.20 Å². The molecule has 3 aromatic rings. The van der Waals surface area contributed by atoms with E-state index in [1.165, 1.54) is 0 Å². The Balaban J connectivity index is 1.21. The van der Waals surface area contributed by atoms with E-state index in [1.54, 1.807) is 0 Å². The predicted octanol–water partition coefficient (Wildman–Crippen LogP) is 2.73. The zero-order chi connectivity index (χ0) is 21.5. The van der Waals surface area contributed by atoms with Gasteiger partial charge < -0.3 is 14.4 Å². The fourth-order valence-corrected chi connectivity index (χ4v) is 4.94. The Labute approximate surface area is 188 Å². The van der Waals surface area contributed by atoms with E-state index >= 15 is 0 Å². The van der Waals surface area contributed by atoms with Gasteiger partial charge in [-0.15, -0.1) is 0 Å². The second-order valence-electron chi connectivity index (χ2n) is 9.12. The van der Waals surface area contributed by atoms with Gasteiger partial charge in [-0.3, -0.25) is 14.1 Å². The Hall–Kier alpha value is -2.68. The molecule has 0 aliphatic carbocycles. The minimum Gasteiger partial charge on any atom is -0.483 e. The van der Waals surface area contributed by atoms with Crippen LogP contribution in [0.3, 0.4) is 0 Å². The first-order valence-electron chi connectivity index (χ1n) is 11.6. The molecule has 0 unspecified atom stereocenters. The van der Waals surface area contributed by atoms with Crippen LogP contribution in [0, 0.1) is 0 Å². The number of morpholine rings is 1. The molecule has 8 nitrogen and oxygen atoms in total. The molecule has 32 heavy (non-hydrogen) atoms. The normalized spacial score (nSPS) is 20.0. The first kappa shape index (κ1) is 20.0. The SMILES string of the molecule is CN1CCC(n2cc(-c3ccc4c(c3)OCc3nc(CN5CCOCC5)cn3-4)cn2)CC1. The zero-order valence-electron chi connectivity index (χ0n) is 18.6. The maximum atomic E-state index is 6.10. The smallest absolute Gasteiger partial charge is 0.151 e.